The molecule has 1 aliphatic carbocycles. The van der Waals surface area contributed by atoms with Crippen LogP contribution in [0.3, 0.4) is 0 Å². The normalized spacial score (nSPS) is 24.1. The van der Waals surface area contributed by atoms with Gasteiger partial charge in [-0.25, -0.2) is 4.39 Å². The molecule has 0 bridgehead atoms. The average Bonchev–Trinajstić information content (AvgIpc) is 2.47. The summed E-state index contributed by atoms with van der Waals surface area (Å²) in [6.45, 7) is 2.03. The summed E-state index contributed by atoms with van der Waals surface area (Å²) in [5, 5.41) is 12.1. The van der Waals surface area contributed by atoms with Gasteiger partial charge in [-0.1, -0.05) is 12.1 Å². The Bertz CT molecular complexity index is 456. The lowest BCUT2D eigenvalue weighted by Crippen LogP contribution is -2.40. The molecule has 0 radical (unpaired) electrons. The minimum absolute atomic E-state index is 0.0527. The van der Waals surface area contributed by atoms with Crippen molar-refractivity contribution in [3.05, 3.63) is 35.6 Å². The molecule has 2 rings (SSSR count). The number of carbonyl (C=O) groups excluding carboxylic acids is 1. The fourth-order valence-electron chi connectivity index (χ4n) is 2.74. The average molecular weight is 279 g/mol. The molecule has 0 aliphatic heterocycles. The van der Waals surface area contributed by atoms with E-state index in [-0.39, 0.29) is 30.3 Å². The zero-order chi connectivity index (χ0) is 14.5. The Morgan fingerprint density at radius 2 is 2.10 bits per heavy atom. The fourth-order valence-corrected chi connectivity index (χ4v) is 2.74. The summed E-state index contributed by atoms with van der Waals surface area (Å²) in [4.78, 5) is 12.2. The number of benzene rings is 1. The van der Waals surface area contributed by atoms with E-state index in [2.05, 4.69) is 5.32 Å². The molecule has 1 aromatic carbocycles. The highest BCUT2D eigenvalue weighted by Gasteiger charge is 2.24. The van der Waals surface area contributed by atoms with Crippen LogP contribution in [0.2, 0.25) is 0 Å². The van der Waals surface area contributed by atoms with Crippen LogP contribution in [0, 0.1) is 11.7 Å². The van der Waals surface area contributed by atoms with Crippen molar-refractivity contribution < 1.29 is 14.3 Å². The third-order valence-corrected chi connectivity index (χ3v) is 4.19. The first-order chi connectivity index (χ1) is 9.60. The molecule has 1 fully saturated rings. The van der Waals surface area contributed by atoms with Gasteiger partial charge >= 0.3 is 0 Å². The van der Waals surface area contributed by atoms with Crippen LogP contribution in [-0.4, -0.2) is 23.7 Å². The van der Waals surface area contributed by atoms with Gasteiger partial charge in [0.1, 0.15) is 5.82 Å². The summed E-state index contributed by atoms with van der Waals surface area (Å²) in [5.74, 6) is -0.335. The predicted molar refractivity (Wildman–Crippen MR) is 75.8 cm³/mol. The summed E-state index contributed by atoms with van der Waals surface area (Å²) >= 11 is 0. The monoisotopic (exact) mass is 279 g/mol. The second kappa shape index (κ2) is 6.84. The van der Waals surface area contributed by atoms with E-state index in [0.717, 1.165) is 25.7 Å². The van der Waals surface area contributed by atoms with Gasteiger partial charge in [0.2, 0.25) is 5.91 Å². The van der Waals surface area contributed by atoms with E-state index in [1.807, 2.05) is 0 Å². The van der Waals surface area contributed by atoms with E-state index in [0.29, 0.717) is 11.5 Å². The summed E-state index contributed by atoms with van der Waals surface area (Å²) in [5.41, 5.74) is 0.701. The molecule has 0 spiro atoms. The van der Waals surface area contributed by atoms with Crippen molar-refractivity contribution in [2.75, 3.05) is 6.61 Å². The van der Waals surface area contributed by atoms with Crippen LogP contribution in [0.25, 0.3) is 0 Å². The van der Waals surface area contributed by atoms with Crippen LogP contribution in [0.4, 0.5) is 4.39 Å². The number of halogens is 1. The lowest BCUT2D eigenvalue weighted by Gasteiger charge is -2.29. The lowest BCUT2D eigenvalue weighted by atomic mass is 9.86. The number of hydrogen-bond donors (Lipinski definition) is 2. The van der Waals surface area contributed by atoms with Gasteiger partial charge in [-0.3, -0.25) is 4.79 Å². The Morgan fingerprint density at radius 3 is 2.70 bits per heavy atom. The molecule has 1 amide bonds. The van der Waals surface area contributed by atoms with E-state index >= 15 is 0 Å². The van der Waals surface area contributed by atoms with E-state index in [1.54, 1.807) is 19.1 Å². The highest BCUT2D eigenvalue weighted by atomic mass is 19.1. The molecule has 0 saturated heterocycles. The number of hydrogen-bond acceptors (Lipinski definition) is 2. The molecule has 1 saturated carbocycles. The van der Waals surface area contributed by atoms with E-state index in [4.69, 9.17) is 5.11 Å². The topological polar surface area (TPSA) is 49.3 Å². The summed E-state index contributed by atoms with van der Waals surface area (Å²) in [6, 6.07) is 6.37. The Hall–Kier alpha value is -1.42. The molecule has 20 heavy (non-hydrogen) atoms. The van der Waals surface area contributed by atoms with E-state index in [9.17, 15) is 9.18 Å². The number of aliphatic hydroxyl groups is 1. The molecular formula is C16H22FNO2. The maximum Gasteiger partial charge on any atom is 0.227 e. The Labute approximate surface area is 119 Å². The number of carbonyl (C=O) groups is 1. The molecular weight excluding hydrogens is 257 g/mol. The first kappa shape index (κ1) is 15.0. The molecule has 1 atom stereocenters. The molecule has 1 aliphatic rings. The van der Waals surface area contributed by atoms with Crippen molar-refractivity contribution in [1.82, 2.24) is 5.32 Å². The second-order valence-electron chi connectivity index (χ2n) is 5.69. The van der Waals surface area contributed by atoms with Gasteiger partial charge in [0, 0.05) is 12.6 Å². The van der Waals surface area contributed by atoms with Gasteiger partial charge in [0.15, 0.2) is 0 Å². The summed E-state index contributed by atoms with van der Waals surface area (Å²) in [7, 11) is 0. The van der Waals surface area contributed by atoms with Crippen molar-refractivity contribution >= 4 is 5.91 Å². The lowest BCUT2D eigenvalue weighted by molar-refractivity contribution is -0.123. The van der Waals surface area contributed by atoms with E-state index < -0.39 is 0 Å². The fraction of sp³-hybridized carbons (Fsp3) is 0.562. The standard InChI is InChI=1S/C16H22FNO2/c1-11(13-3-2-4-14(17)9-13)16(20)18-15-7-5-12(10-19)6-8-15/h2-4,9,11-12,15,19H,5-8,10H2,1H3,(H,18,20). The largest absolute Gasteiger partial charge is 0.396 e. The Morgan fingerprint density at radius 1 is 1.40 bits per heavy atom. The van der Waals surface area contributed by atoms with Gasteiger partial charge in [-0.2, -0.15) is 0 Å². The highest BCUT2D eigenvalue weighted by molar-refractivity contribution is 5.83. The predicted octanol–water partition coefficient (Wildman–Crippen LogP) is 2.60. The molecule has 2 N–H and O–H groups in total. The number of rotatable bonds is 4. The SMILES string of the molecule is CC(C(=O)NC1CCC(CO)CC1)c1cccc(F)c1. The van der Waals surface area contributed by atoms with Crippen molar-refractivity contribution in [2.45, 2.75) is 44.6 Å². The zero-order valence-corrected chi connectivity index (χ0v) is 11.8. The maximum absolute atomic E-state index is 13.2. The van der Waals surface area contributed by atoms with Gasteiger partial charge in [0.05, 0.1) is 5.92 Å². The summed E-state index contributed by atoms with van der Waals surface area (Å²) < 4.78 is 13.2. The van der Waals surface area contributed by atoms with Gasteiger partial charge < -0.3 is 10.4 Å². The van der Waals surface area contributed by atoms with Crippen LogP contribution in [0.1, 0.15) is 44.1 Å². The Balaban J connectivity index is 1.89. The number of aliphatic hydroxyl groups excluding tert-OH is 1. The molecule has 1 aromatic rings. The van der Waals surface area contributed by atoms with Crippen LogP contribution in [0.15, 0.2) is 24.3 Å². The van der Waals surface area contributed by atoms with Gasteiger partial charge in [-0.15, -0.1) is 0 Å². The minimum atomic E-state index is -0.346. The molecule has 0 aromatic heterocycles. The minimum Gasteiger partial charge on any atom is -0.396 e. The first-order valence-electron chi connectivity index (χ1n) is 7.27. The van der Waals surface area contributed by atoms with E-state index in [1.165, 1.54) is 12.1 Å². The molecule has 3 nitrogen and oxygen atoms in total. The third kappa shape index (κ3) is 3.79. The molecule has 1 unspecified atom stereocenters. The number of amides is 1. The third-order valence-electron chi connectivity index (χ3n) is 4.19. The molecule has 0 heterocycles. The quantitative estimate of drug-likeness (QED) is 0.890. The molecule has 110 valence electrons. The molecule has 4 heteroatoms. The van der Waals surface area contributed by atoms with Gasteiger partial charge in [0.25, 0.3) is 0 Å². The zero-order valence-electron chi connectivity index (χ0n) is 11.8. The summed E-state index contributed by atoms with van der Waals surface area (Å²) in [6.07, 6.45) is 3.73. The Kier molecular flexibility index (Phi) is 5.12. The van der Waals surface area contributed by atoms with Crippen LogP contribution in [-0.2, 0) is 4.79 Å². The second-order valence-corrected chi connectivity index (χ2v) is 5.69. The van der Waals surface area contributed by atoms with Crippen LogP contribution >= 0.6 is 0 Å². The number of nitrogens with one attached hydrogen (secondary N) is 1. The van der Waals surface area contributed by atoms with Crippen molar-refractivity contribution in [3.63, 3.8) is 0 Å². The van der Waals surface area contributed by atoms with Crippen LogP contribution < -0.4 is 5.32 Å². The van der Waals surface area contributed by atoms with Crippen LogP contribution in [0.5, 0.6) is 0 Å². The maximum atomic E-state index is 13.2. The van der Waals surface area contributed by atoms with Crippen molar-refractivity contribution in [1.29, 1.82) is 0 Å². The van der Waals surface area contributed by atoms with Gasteiger partial charge in [-0.05, 0) is 56.2 Å². The smallest absolute Gasteiger partial charge is 0.227 e. The van der Waals surface area contributed by atoms with Crippen molar-refractivity contribution in [2.24, 2.45) is 5.92 Å². The first-order valence-corrected chi connectivity index (χ1v) is 7.27. The van der Waals surface area contributed by atoms with Crippen molar-refractivity contribution in [3.8, 4) is 0 Å². The highest BCUT2D eigenvalue weighted by Crippen LogP contribution is 2.24.